The van der Waals surface area contributed by atoms with Gasteiger partial charge < -0.3 is 25.8 Å². The first-order valence-electron chi connectivity index (χ1n) is 7.10. The second-order valence-corrected chi connectivity index (χ2v) is 5.56. The lowest BCUT2D eigenvalue weighted by Gasteiger charge is -2.11. The number of carbonyl (C=O) groups is 3. The van der Waals surface area contributed by atoms with Crippen molar-refractivity contribution in [2.45, 2.75) is 19.9 Å². The predicted molar refractivity (Wildman–Crippen MR) is 89.0 cm³/mol. The number of nitrogens with two attached hydrogens (primary N) is 1. The summed E-state index contributed by atoms with van der Waals surface area (Å²) in [5.41, 5.74) is 5.92. The van der Waals surface area contributed by atoms with E-state index in [2.05, 4.69) is 10.6 Å². The van der Waals surface area contributed by atoms with Gasteiger partial charge in [0.15, 0.2) is 6.61 Å². The number of benzene rings is 1. The van der Waals surface area contributed by atoms with E-state index < -0.39 is 18.5 Å². The lowest BCUT2D eigenvalue weighted by atomic mass is 10.2. The molecule has 9 heteroatoms. The number of amides is 2. The predicted octanol–water partition coefficient (Wildman–Crippen LogP) is 0.728. The summed E-state index contributed by atoms with van der Waals surface area (Å²) in [6.07, 6.45) is 0. The van der Waals surface area contributed by atoms with Crippen molar-refractivity contribution in [2.24, 2.45) is 0 Å². The Balaban J connectivity index is 2.56. The van der Waals surface area contributed by atoms with Gasteiger partial charge in [-0.3, -0.25) is 9.59 Å². The Morgan fingerprint density at radius 1 is 1.25 bits per heavy atom. The minimum absolute atomic E-state index is 0.0324. The van der Waals surface area contributed by atoms with Crippen molar-refractivity contribution in [2.75, 3.05) is 26.0 Å². The van der Waals surface area contributed by atoms with Gasteiger partial charge >= 0.3 is 5.97 Å². The third-order valence-electron chi connectivity index (χ3n) is 2.77. The van der Waals surface area contributed by atoms with Crippen LogP contribution >= 0.6 is 11.6 Å². The zero-order chi connectivity index (χ0) is 18.3. The number of rotatable bonds is 7. The molecular formula is C15H20ClN3O5. The van der Waals surface area contributed by atoms with Crippen molar-refractivity contribution in [3.63, 3.8) is 0 Å². The minimum atomic E-state index is -0.796. The molecule has 0 atom stereocenters. The molecule has 0 bridgehead atoms. The lowest BCUT2D eigenvalue weighted by Crippen LogP contribution is -2.41. The van der Waals surface area contributed by atoms with Crippen LogP contribution in [0.2, 0.25) is 5.02 Å². The number of hydrogen-bond acceptors (Lipinski definition) is 6. The molecule has 0 aliphatic heterocycles. The number of nitrogens with one attached hydrogen (secondary N) is 2. The Morgan fingerprint density at radius 2 is 1.92 bits per heavy atom. The fourth-order valence-electron chi connectivity index (χ4n) is 1.71. The van der Waals surface area contributed by atoms with Crippen LogP contribution in [0.25, 0.3) is 0 Å². The number of ether oxygens (including phenoxy) is 2. The molecular weight excluding hydrogens is 338 g/mol. The highest BCUT2D eigenvalue weighted by atomic mass is 35.5. The van der Waals surface area contributed by atoms with Gasteiger partial charge in [-0.25, -0.2) is 4.79 Å². The normalized spacial score (nSPS) is 10.2. The van der Waals surface area contributed by atoms with Gasteiger partial charge in [0.25, 0.3) is 5.91 Å². The second-order valence-electron chi connectivity index (χ2n) is 5.15. The zero-order valence-corrected chi connectivity index (χ0v) is 14.4. The van der Waals surface area contributed by atoms with E-state index in [-0.39, 0.29) is 40.5 Å². The number of halogens is 1. The van der Waals surface area contributed by atoms with Crippen LogP contribution in [0.15, 0.2) is 12.1 Å². The fraction of sp³-hybridized carbons (Fsp3) is 0.400. The topological polar surface area (TPSA) is 120 Å². The van der Waals surface area contributed by atoms with E-state index in [9.17, 15) is 14.4 Å². The van der Waals surface area contributed by atoms with Crippen molar-refractivity contribution in [1.82, 2.24) is 10.6 Å². The standard InChI is InChI=1S/C15H20ClN3O5/c1-8(2)19-13(20)6-18-14(21)7-24-15(22)9-4-10(16)11(17)5-12(9)23-3/h4-5,8H,6-7,17H2,1-3H3,(H,18,21)(H,19,20). The second kappa shape index (κ2) is 8.97. The first kappa shape index (κ1) is 19.6. The van der Waals surface area contributed by atoms with E-state index in [0.717, 1.165) is 0 Å². The molecule has 2 amide bonds. The molecule has 0 saturated carbocycles. The van der Waals surface area contributed by atoms with Gasteiger partial charge in [0.05, 0.1) is 24.4 Å². The number of methoxy groups -OCH3 is 1. The van der Waals surface area contributed by atoms with Crippen LogP contribution in [-0.4, -0.2) is 44.1 Å². The summed E-state index contributed by atoms with van der Waals surface area (Å²) in [5, 5.41) is 5.11. The zero-order valence-electron chi connectivity index (χ0n) is 13.6. The van der Waals surface area contributed by atoms with Crippen LogP contribution in [0.5, 0.6) is 5.75 Å². The summed E-state index contributed by atoms with van der Waals surface area (Å²) in [5.74, 6) is -1.56. The van der Waals surface area contributed by atoms with E-state index in [1.165, 1.54) is 19.2 Å². The first-order chi connectivity index (χ1) is 11.2. The summed E-state index contributed by atoms with van der Waals surface area (Å²) in [6.45, 7) is 2.85. The molecule has 132 valence electrons. The molecule has 8 nitrogen and oxygen atoms in total. The molecule has 0 saturated heterocycles. The van der Waals surface area contributed by atoms with Crippen LogP contribution in [0.4, 0.5) is 5.69 Å². The SMILES string of the molecule is COc1cc(N)c(Cl)cc1C(=O)OCC(=O)NCC(=O)NC(C)C. The Labute approximate surface area is 144 Å². The third kappa shape index (κ3) is 5.96. The Morgan fingerprint density at radius 3 is 2.50 bits per heavy atom. The van der Waals surface area contributed by atoms with E-state index in [4.69, 9.17) is 26.8 Å². The number of hydrogen-bond donors (Lipinski definition) is 3. The molecule has 0 radical (unpaired) electrons. The van der Waals surface area contributed by atoms with Gasteiger partial charge in [-0.2, -0.15) is 0 Å². The molecule has 0 fully saturated rings. The molecule has 0 unspecified atom stereocenters. The van der Waals surface area contributed by atoms with Crippen LogP contribution in [0.1, 0.15) is 24.2 Å². The van der Waals surface area contributed by atoms with Crippen LogP contribution in [0, 0.1) is 0 Å². The minimum Gasteiger partial charge on any atom is -0.496 e. The molecule has 0 aromatic heterocycles. The van der Waals surface area contributed by atoms with Crippen molar-refractivity contribution in [1.29, 1.82) is 0 Å². The quantitative estimate of drug-likeness (QED) is 0.488. The molecule has 4 N–H and O–H groups in total. The summed E-state index contributed by atoms with van der Waals surface area (Å²) in [4.78, 5) is 35.0. The molecule has 1 rings (SSSR count). The monoisotopic (exact) mass is 357 g/mol. The van der Waals surface area contributed by atoms with Gasteiger partial charge in [-0.15, -0.1) is 0 Å². The van der Waals surface area contributed by atoms with Crippen molar-refractivity contribution >= 4 is 35.1 Å². The van der Waals surface area contributed by atoms with E-state index in [1.807, 2.05) is 0 Å². The lowest BCUT2D eigenvalue weighted by molar-refractivity contribution is -0.128. The molecule has 0 spiro atoms. The van der Waals surface area contributed by atoms with Gasteiger partial charge in [0.2, 0.25) is 5.91 Å². The highest BCUT2D eigenvalue weighted by Crippen LogP contribution is 2.29. The fourth-order valence-corrected chi connectivity index (χ4v) is 1.87. The van der Waals surface area contributed by atoms with Crippen LogP contribution in [0.3, 0.4) is 0 Å². The van der Waals surface area contributed by atoms with Crippen LogP contribution < -0.4 is 21.1 Å². The Kier molecular flexibility index (Phi) is 7.31. The van der Waals surface area contributed by atoms with Gasteiger partial charge in [0.1, 0.15) is 11.3 Å². The first-order valence-corrected chi connectivity index (χ1v) is 7.48. The highest BCUT2D eigenvalue weighted by Gasteiger charge is 2.18. The average molecular weight is 358 g/mol. The number of carbonyl (C=O) groups excluding carboxylic acids is 3. The highest BCUT2D eigenvalue weighted by molar-refractivity contribution is 6.33. The smallest absolute Gasteiger partial charge is 0.342 e. The molecule has 1 aromatic carbocycles. The molecule has 0 heterocycles. The number of nitrogen functional groups attached to an aromatic ring is 1. The van der Waals surface area contributed by atoms with E-state index in [1.54, 1.807) is 13.8 Å². The molecule has 24 heavy (non-hydrogen) atoms. The van der Waals surface area contributed by atoms with Gasteiger partial charge in [0, 0.05) is 12.1 Å². The maximum atomic E-state index is 12.0. The van der Waals surface area contributed by atoms with E-state index in [0.29, 0.717) is 0 Å². The number of anilines is 1. The average Bonchev–Trinajstić information content (AvgIpc) is 2.52. The summed E-state index contributed by atoms with van der Waals surface area (Å²) < 4.78 is 9.91. The maximum absolute atomic E-state index is 12.0. The summed E-state index contributed by atoms with van der Waals surface area (Å²) >= 11 is 5.86. The third-order valence-corrected chi connectivity index (χ3v) is 3.10. The van der Waals surface area contributed by atoms with Gasteiger partial charge in [-0.05, 0) is 19.9 Å². The van der Waals surface area contributed by atoms with Crippen molar-refractivity contribution in [3.8, 4) is 5.75 Å². The van der Waals surface area contributed by atoms with Crippen LogP contribution in [-0.2, 0) is 14.3 Å². The largest absolute Gasteiger partial charge is 0.496 e. The van der Waals surface area contributed by atoms with Crippen molar-refractivity contribution < 1.29 is 23.9 Å². The Hall–Kier alpha value is -2.48. The maximum Gasteiger partial charge on any atom is 0.342 e. The molecule has 0 aliphatic carbocycles. The Bertz CT molecular complexity index is 634. The summed E-state index contributed by atoms with van der Waals surface area (Å²) in [7, 11) is 1.36. The molecule has 1 aromatic rings. The summed E-state index contributed by atoms with van der Waals surface area (Å²) in [6, 6.07) is 2.65. The molecule has 0 aliphatic rings. The number of esters is 1. The van der Waals surface area contributed by atoms with E-state index >= 15 is 0 Å². The van der Waals surface area contributed by atoms with Crippen molar-refractivity contribution in [3.05, 3.63) is 22.7 Å². The van der Waals surface area contributed by atoms with Gasteiger partial charge in [-0.1, -0.05) is 11.6 Å².